The predicted molar refractivity (Wildman–Crippen MR) is 116 cm³/mol. The summed E-state index contributed by atoms with van der Waals surface area (Å²) in [5.41, 5.74) is 1.67. The van der Waals surface area contributed by atoms with Crippen LogP contribution in [0.1, 0.15) is 17.3 Å². The lowest BCUT2D eigenvalue weighted by Crippen LogP contribution is -2.12. The number of ether oxygens (including phenoxy) is 1. The molecule has 2 aromatic heterocycles. The predicted octanol–water partition coefficient (Wildman–Crippen LogP) is 4.61. The van der Waals surface area contributed by atoms with Gasteiger partial charge in [-0.15, -0.1) is 11.3 Å². The zero-order valence-corrected chi connectivity index (χ0v) is 17.8. The number of aromatic nitrogens is 1. The molecule has 0 aliphatic heterocycles. The number of benzene rings is 2. The van der Waals surface area contributed by atoms with Crippen LogP contribution in [-0.4, -0.2) is 32.2 Å². The molecule has 0 aliphatic carbocycles. The summed E-state index contributed by atoms with van der Waals surface area (Å²) >= 11 is 1.27. The van der Waals surface area contributed by atoms with Gasteiger partial charge in [0, 0.05) is 16.3 Å². The Hall–Kier alpha value is -3.17. The molecule has 0 spiro atoms. The van der Waals surface area contributed by atoms with E-state index >= 15 is 0 Å². The highest BCUT2D eigenvalue weighted by Gasteiger charge is 2.15. The summed E-state index contributed by atoms with van der Waals surface area (Å²) in [6.07, 6.45) is 0. The van der Waals surface area contributed by atoms with Gasteiger partial charge in [0.05, 0.1) is 17.8 Å². The highest BCUT2D eigenvalue weighted by Crippen LogP contribution is 2.32. The van der Waals surface area contributed by atoms with Gasteiger partial charge in [0.2, 0.25) is 0 Å². The Morgan fingerprint density at radius 1 is 1.17 bits per heavy atom. The number of carbonyl (C=O) groups is 1. The third-order valence-corrected chi connectivity index (χ3v) is 7.06. The molecule has 1 amide bonds. The summed E-state index contributed by atoms with van der Waals surface area (Å²) in [4.78, 5) is 17.1. The van der Waals surface area contributed by atoms with Crippen LogP contribution in [0.15, 0.2) is 63.2 Å². The molecule has 0 aliphatic rings. The summed E-state index contributed by atoms with van der Waals surface area (Å²) in [7, 11) is -1.70. The van der Waals surface area contributed by atoms with Crippen LogP contribution < -0.4 is 10.1 Å². The summed E-state index contributed by atoms with van der Waals surface area (Å²) in [6.45, 7) is 1.58. The fourth-order valence-electron chi connectivity index (χ4n) is 2.87. The molecule has 0 radical (unpaired) electrons. The van der Waals surface area contributed by atoms with Crippen LogP contribution in [0.3, 0.4) is 0 Å². The molecule has 2 aromatic carbocycles. The van der Waals surface area contributed by atoms with E-state index in [9.17, 15) is 13.2 Å². The first-order valence-electron chi connectivity index (χ1n) is 9.07. The van der Waals surface area contributed by atoms with E-state index in [0.29, 0.717) is 27.7 Å². The van der Waals surface area contributed by atoms with Crippen molar-refractivity contribution in [1.29, 1.82) is 0 Å². The number of carbonyl (C=O) groups excluding carboxylic acids is 1. The van der Waals surface area contributed by atoms with E-state index in [1.54, 1.807) is 19.4 Å². The number of nitrogens with zero attached hydrogens (tertiary/aromatic N) is 1. The van der Waals surface area contributed by atoms with Crippen molar-refractivity contribution in [1.82, 2.24) is 4.98 Å². The van der Waals surface area contributed by atoms with Crippen LogP contribution in [0.25, 0.3) is 22.4 Å². The number of methoxy groups -OCH3 is 1. The van der Waals surface area contributed by atoms with Crippen molar-refractivity contribution >= 4 is 43.2 Å². The number of hydrogen-bond donors (Lipinski definition) is 1. The van der Waals surface area contributed by atoms with Crippen LogP contribution in [0.5, 0.6) is 5.75 Å². The maximum absolute atomic E-state index is 12.5. The summed E-state index contributed by atoms with van der Waals surface area (Å²) in [5, 5.41) is 5.83. The average Bonchev–Trinajstić information content (AvgIpc) is 3.39. The van der Waals surface area contributed by atoms with Gasteiger partial charge in [0.25, 0.3) is 5.91 Å². The molecular weight excluding hydrogens is 424 g/mol. The lowest BCUT2D eigenvalue weighted by molar-refractivity contribution is 0.102. The number of nitrogens with one attached hydrogen (secondary N) is 1. The minimum atomic E-state index is -3.30. The lowest BCUT2D eigenvalue weighted by Gasteiger charge is -2.04. The van der Waals surface area contributed by atoms with Crippen LogP contribution in [0.4, 0.5) is 5.13 Å². The number of rotatable bonds is 6. The van der Waals surface area contributed by atoms with Gasteiger partial charge in [-0.1, -0.05) is 6.92 Å². The molecule has 0 saturated carbocycles. The topological polar surface area (TPSA) is 98.5 Å². The molecule has 0 atom stereocenters. The maximum Gasteiger partial charge on any atom is 0.257 e. The zero-order chi connectivity index (χ0) is 21.3. The van der Waals surface area contributed by atoms with Crippen LogP contribution in [-0.2, 0) is 9.84 Å². The Morgan fingerprint density at radius 2 is 1.93 bits per heavy atom. The Kier molecular flexibility index (Phi) is 5.31. The van der Waals surface area contributed by atoms with E-state index in [1.165, 1.54) is 35.6 Å². The third-order valence-electron chi connectivity index (χ3n) is 4.56. The van der Waals surface area contributed by atoms with E-state index in [4.69, 9.17) is 9.15 Å². The van der Waals surface area contributed by atoms with Crippen LogP contribution >= 0.6 is 11.3 Å². The Balaban J connectivity index is 1.51. The first kappa shape index (κ1) is 20.1. The number of thiazole rings is 1. The molecule has 30 heavy (non-hydrogen) atoms. The molecule has 0 bridgehead atoms. The number of sulfone groups is 1. The van der Waals surface area contributed by atoms with Gasteiger partial charge in [-0.25, -0.2) is 13.4 Å². The smallest absolute Gasteiger partial charge is 0.257 e. The van der Waals surface area contributed by atoms with Crippen LogP contribution in [0.2, 0.25) is 0 Å². The second-order valence-corrected chi connectivity index (χ2v) is 9.57. The van der Waals surface area contributed by atoms with Gasteiger partial charge < -0.3 is 9.15 Å². The van der Waals surface area contributed by atoms with E-state index in [2.05, 4.69) is 10.3 Å². The van der Waals surface area contributed by atoms with Crippen molar-refractivity contribution in [3.8, 4) is 17.2 Å². The molecule has 1 N–H and O–H groups in total. The van der Waals surface area contributed by atoms with E-state index in [0.717, 1.165) is 11.1 Å². The Morgan fingerprint density at radius 3 is 2.63 bits per heavy atom. The molecular formula is C21H18N2O5S2. The lowest BCUT2D eigenvalue weighted by atomic mass is 10.2. The fraction of sp³-hybridized carbons (Fsp3) is 0.143. The summed E-state index contributed by atoms with van der Waals surface area (Å²) in [6, 6.07) is 13.2. The number of fused-ring (bicyclic) bond motifs is 1. The monoisotopic (exact) mass is 442 g/mol. The highest BCUT2D eigenvalue weighted by molar-refractivity contribution is 7.91. The minimum absolute atomic E-state index is 0.00894. The normalized spacial score (nSPS) is 11.5. The molecule has 7 nitrogen and oxygen atoms in total. The van der Waals surface area contributed by atoms with Gasteiger partial charge in [-0.3, -0.25) is 10.1 Å². The second-order valence-electron chi connectivity index (χ2n) is 6.43. The molecule has 4 rings (SSSR count). The molecule has 0 fully saturated rings. The number of amides is 1. The van der Waals surface area contributed by atoms with E-state index in [1.807, 2.05) is 24.3 Å². The Labute approximate surface area is 177 Å². The molecule has 9 heteroatoms. The largest absolute Gasteiger partial charge is 0.497 e. The average molecular weight is 443 g/mol. The van der Waals surface area contributed by atoms with Crippen molar-refractivity contribution in [3.63, 3.8) is 0 Å². The van der Waals surface area contributed by atoms with Crippen molar-refractivity contribution in [2.75, 3.05) is 18.2 Å². The van der Waals surface area contributed by atoms with Gasteiger partial charge in [0.15, 0.2) is 20.7 Å². The van der Waals surface area contributed by atoms with Gasteiger partial charge >= 0.3 is 0 Å². The molecule has 2 heterocycles. The molecule has 0 unspecified atom stereocenters. The van der Waals surface area contributed by atoms with Crippen molar-refractivity contribution < 1.29 is 22.4 Å². The standard InChI is InChI=1S/C21H18N2O5S2/c1-3-30(25,26)16-7-4-13(5-8-16)20(24)23-21-22-17(12-29-21)19-11-14-10-15(27-2)6-9-18(14)28-19/h4-12H,3H2,1-2H3,(H,22,23,24). The number of hydrogen-bond acceptors (Lipinski definition) is 7. The molecule has 0 saturated heterocycles. The van der Waals surface area contributed by atoms with Crippen molar-refractivity contribution in [2.45, 2.75) is 11.8 Å². The third kappa shape index (κ3) is 3.94. The van der Waals surface area contributed by atoms with E-state index in [-0.39, 0.29) is 16.6 Å². The second kappa shape index (κ2) is 7.92. The number of furan rings is 1. The van der Waals surface area contributed by atoms with Gasteiger partial charge in [0.1, 0.15) is 17.0 Å². The summed E-state index contributed by atoms with van der Waals surface area (Å²) < 4.78 is 34.8. The number of anilines is 1. The van der Waals surface area contributed by atoms with Crippen molar-refractivity contribution in [2.24, 2.45) is 0 Å². The molecule has 154 valence electrons. The molecule has 4 aromatic rings. The minimum Gasteiger partial charge on any atom is -0.497 e. The SMILES string of the molecule is CCS(=O)(=O)c1ccc(C(=O)Nc2nc(-c3cc4cc(OC)ccc4o3)cs2)cc1. The Bertz CT molecular complexity index is 1320. The van der Waals surface area contributed by atoms with Gasteiger partial charge in [-0.2, -0.15) is 0 Å². The van der Waals surface area contributed by atoms with Crippen LogP contribution in [0, 0.1) is 0 Å². The van der Waals surface area contributed by atoms with Crippen molar-refractivity contribution in [3.05, 3.63) is 59.5 Å². The first-order valence-corrected chi connectivity index (χ1v) is 11.6. The maximum atomic E-state index is 12.5. The quantitative estimate of drug-likeness (QED) is 0.468. The zero-order valence-electron chi connectivity index (χ0n) is 16.2. The first-order chi connectivity index (χ1) is 14.4. The summed E-state index contributed by atoms with van der Waals surface area (Å²) in [5.74, 6) is 0.961. The van der Waals surface area contributed by atoms with E-state index < -0.39 is 9.84 Å². The fourth-order valence-corrected chi connectivity index (χ4v) is 4.45. The highest BCUT2D eigenvalue weighted by atomic mass is 32.2. The van der Waals surface area contributed by atoms with Gasteiger partial charge in [-0.05, 0) is 48.5 Å².